The summed E-state index contributed by atoms with van der Waals surface area (Å²) in [6, 6.07) is 6.23. The zero-order chi connectivity index (χ0) is 11.8. The Balaban J connectivity index is 2.18. The molecule has 1 heterocycles. The van der Waals surface area contributed by atoms with Crippen LogP contribution in [0.1, 0.15) is 37.8 Å². The molecule has 2 N–H and O–H groups in total. The Morgan fingerprint density at radius 2 is 2.12 bits per heavy atom. The van der Waals surface area contributed by atoms with Crippen LogP contribution in [0.5, 0.6) is 0 Å². The van der Waals surface area contributed by atoms with Gasteiger partial charge in [0.05, 0.1) is 0 Å². The fourth-order valence-corrected chi connectivity index (χ4v) is 2.54. The minimum atomic E-state index is 0.344. The number of likely N-dealkylation sites (tertiary alicyclic amines) is 1. The van der Waals surface area contributed by atoms with E-state index in [0.29, 0.717) is 5.54 Å². The van der Waals surface area contributed by atoms with Crippen LogP contribution in [0.4, 0.5) is 5.69 Å². The number of hydrogen-bond acceptors (Lipinski definition) is 2. The first-order valence-corrected chi connectivity index (χ1v) is 6.10. The van der Waals surface area contributed by atoms with Crippen LogP contribution in [-0.4, -0.2) is 17.0 Å². The molecule has 1 aromatic rings. The van der Waals surface area contributed by atoms with Crippen LogP contribution in [0.2, 0.25) is 0 Å². The largest absolute Gasteiger partial charge is 0.399 e. The van der Waals surface area contributed by atoms with Crippen LogP contribution in [0.3, 0.4) is 0 Å². The zero-order valence-electron chi connectivity index (χ0n) is 10.6. The summed E-state index contributed by atoms with van der Waals surface area (Å²) in [5.74, 6) is 0. The van der Waals surface area contributed by atoms with Crippen molar-refractivity contribution in [1.29, 1.82) is 0 Å². The predicted octanol–water partition coefficient (Wildman–Crippen LogP) is 2.95. The van der Waals surface area contributed by atoms with Crippen molar-refractivity contribution in [3.05, 3.63) is 29.3 Å². The van der Waals surface area contributed by atoms with Crippen LogP contribution >= 0.6 is 0 Å². The lowest BCUT2D eigenvalue weighted by atomic mass is 10.0. The topological polar surface area (TPSA) is 29.3 Å². The van der Waals surface area contributed by atoms with Crippen molar-refractivity contribution in [1.82, 2.24) is 4.90 Å². The molecule has 0 aliphatic carbocycles. The molecular weight excluding hydrogens is 196 g/mol. The molecule has 0 bridgehead atoms. The quantitative estimate of drug-likeness (QED) is 0.773. The van der Waals surface area contributed by atoms with E-state index in [-0.39, 0.29) is 0 Å². The van der Waals surface area contributed by atoms with Gasteiger partial charge in [0.25, 0.3) is 0 Å². The second-order valence-electron chi connectivity index (χ2n) is 5.47. The van der Waals surface area contributed by atoms with E-state index in [1.54, 1.807) is 0 Å². The second kappa shape index (κ2) is 4.10. The Morgan fingerprint density at radius 1 is 1.38 bits per heavy atom. The Morgan fingerprint density at radius 3 is 2.75 bits per heavy atom. The summed E-state index contributed by atoms with van der Waals surface area (Å²) in [5, 5.41) is 0. The summed E-state index contributed by atoms with van der Waals surface area (Å²) in [7, 11) is 0. The van der Waals surface area contributed by atoms with Gasteiger partial charge >= 0.3 is 0 Å². The van der Waals surface area contributed by atoms with E-state index in [1.807, 2.05) is 6.07 Å². The molecule has 0 unspecified atom stereocenters. The monoisotopic (exact) mass is 218 g/mol. The predicted molar refractivity (Wildman–Crippen MR) is 69.3 cm³/mol. The summed E-state index contributed by atoms with van der Waals surface area (Å²) in [6.07, 6.45) is 2.61. The van der Waals surface area contributed by atoms with E-state index in [9.17, 15) is 0 Å². The van der Waals surface area contributed by atoms with Crippen LogP contribution in [0, 0.1) is 6.92 Å². The zero-order valence-corrected chi connectivity index (χ0v) is 10.6. The average molecular weight is 218 g/mol. The molecule has 0 saturated carbocycles. The van der Waals surface area contributed by atoms with Crippen molar-refractivity contribution in [2.75, 3.05) is 12.3 Å². The first-order chi connectivity index (χ1) is 7.50. The number of benzene rings is 1. The van der Waals surface area contributed by atoms with Gasteiger partial charge in [-0.1, -0.05) is 12.1 Å². The molecule has 2 heteroatoms. The minimum Gasteiger partial charge on any atom is -0.399 e. The number of rotatable bonds is 2. The Bertz CT molecular complexity index is 382. The van der Waals surface area contributed by atoms with Gasteiger partial charge in [0, 0.05) is 17.8 Å². The molecule has 0 atom stereocenters. The van der Waals surface area contributed by atoms with Crippen LogP contribution in [0.25, 0.3) is 0 Å². The molecule has 1 saturated heterocycles. The lowest BCUT2D eigenvalue weighted by molar-refractivity contribution is 0.166. The van der Waals surface area contributed by atoms with Gasteiger partial charge < -0.3 is 5.73 Å². The van der Waals surface area contributed by atoms with Gasteiger partial charge in [-0.05, 0) is 57.4 Å². The van der Waals surface area contributed by atoms with Gasteiger partial charge in [-0.2, -0.15) is 0 Å². The number of hydrogen-bond donors (Lipinski definition) is 1. The minimum absolute atomic E-state index is 0.344. The third-order valence-electron chi connectivity index (χ3n) is 3.92. The fraction of sp³-hybridized carbons (Fsp3) is 0.571. The highest BCUT2D eigenvalue weighted by Gasteiger charge is 2.31. The summed E-state index contributed by atoms with van der Waals surface area (Å²) in [5.41, 5.74) is 9.81. The Hall–Kier alpha value is -1.02. The maximum atomic E-state index is 5.94. The molecule has 0 amide bonds. The van der Waals surface area contributed by atoms with Crippen LogP contribution in [-0.2, 0) is 6.54 Å². The fourth-order valence-electron chi connectivity index (χ4n) is 2.54. The number of nitrogen functional groups attached to an aromatic ring is 1. The summed E-state index contributed by atoms with van der Waals surface area (Å²) in [4.78, 5) is 2.56. The van der Waals surface area contributed by atoms with Crippen LogP contribution in [0.15, 0.2) is 18.2 Å². The maximum Gasteiger partial charge on any atom is 0.0346 e. The molecule has 16 heavy (non-hydrogen) atoms. The number of anilines is 1. The first kappa shape index (κ1) is 11.5. The lowest BCUT2D eigenvalue weighted by Crippen LogP contribution is -2.37. The highest BCUT2D eigenvalue weighted by molar-refractivity contribution is 5.49. The summed E-state index contributed by atoms with van der Waals surface area (Å²) >= 11 is 0. The third kappa shape index (κ3) is 2.07. The number of nitrogens with zero attached hydrogens (tertiary/aromatic N) is 1. The lowest BCUT2D eigenvalue weighted by Gasteiger charge is -2.32. The second-order valence-corrected chi connectivity index (χ2v) is 5.47. The van der Waals surface area contributed by atoms with E-state index < -0.39 is 0 Å². The van der Waals surface area contributed by atoms with Gasteiger partial charge in [-0.3, -0.25) is 4.90 Å². The molecule has 0 aromatic heterocycles. The van der Waals surface area contributed by atoms with Crippen molar-refractivity contribution >= 4 is 5.69 Å². The highest BCUT2D eigenvalue weighted by Crippen LogP contribution is 2.30. The Labute approximate surface area is 98.4 Å². The van der Waals surface area contributed by atoms with E-state index in [0.717, 1.165) is 12.2 Å². The van der Waals surface area contributed by atoms with Crippen LogP contribution < -0.4 is 5.73 Å². The average Bonchev–Trinajstić information content (AvgIpc) is 2.54. The van der Waals surface area contributed by atoms with Crippen molar-refractivity contribution < 1.29 is 0 Å². The van der Waals surface area contributed by atoms with Crippen molar-refractivity contribution in [2.24, 2.45) is 0 Å². The van der Waals surface area contributed by atoms with Gasteiger partial charge in [0.2, 0.25) is 0 Å². The molecular formula is C14H22N2. The maximum absolute atomic E-state index is 5.94. The molecule has 88 valence electrons. The molecule has 0 spiro atoms. The normalized spacial score (nSPS) is 20.2. The van der Waals surface area contributed by atoms with Gasteiger partial charge in [0.15, 0.2) is 0 Å². The molecule has 2 rings (SSSR count). The third-order valence-corrected chi connectivity index (χ3v) is 3.92. The van der Waals surface area contributed by atoms with E-state index in [4.69, 9.17) is 5.73 Å². The van der Waals surface area contributed by atoms with Crippen molar-refractivity contribution in [3.63, 3.8) is 0 Å². The first-order valence-electron chi connectivity index (χ1n) is 6.10. The van der Waals surface area contributed by atoms with E-state index >= 15 is 0 Å². The SMILES string of the molecule is Cc1c(N)cccc1CN1CCCC1(C)C. The van der Waals surface area contributed by atoms with Gasteiger partial charge in [0.1, 0.15) is 0 Å². The standard InChI is InChI=1S/C14H22N2/c1-11-12(6-4-7-13(11)15)10-16-9-5-8-14(16,2)3/h4,6-7H,5,8-10,15H2,1-3H3. The van der Waals surface area contributed by atoms with E-state index in [2.05, 4.69) is 37.8 Å². The van der Waals surface area contributed by atoms with E-state index in [1.165, 1.54) is 30.5 Å². The highest BCUT2D eigenvalue weighted by atomic mass is 15.2. The number of nitrogens with two attached hydrogens (primary N) is 1. The molecule has 2 nitrogen and oxygen atoms in total. The Kier molecular flexibility index (Phi) is 2.94. The molecule has 1 aliphatic rings. The molecule has 1 fully saturated rings. The smallest absolute Gasteiger partial charge is 0.0346 e. The summed E-state index contributed by atoms with van der Waals surface area (Å²) in [6.45, 7) is 9.03. The molecule has 1 aromatic carbocycles. The van der Waals surface area contributed by atoms with Crippen molar-refractivity contribution in [3.8, 4) is 0 Å². The molecule has 1 aliphatic heterocycles. The molecule has 0 radical (unpaired) electrons. The van der Waals surface area contributed by atoms with Crippen molar-refractivity contribution in [2.45, 2.75) is 45.7 Å². The summed E-state index contributed by atoms with van der Waals surface area (Å²) < 4.78 is 0. The van der Waals surface area contributed by atoms with Gasteiger partial charge in [-0.25, -0.2) is 0 Å². The van der Waals surface area contributed by atoms with Gasteiger partial charge in [-0.15, -0.1) is 0 Å².